The van der Waals surface area contributed by atoms with Gasteiger partial charge in [-0.25, -0.2) is 4.99 Å². The molecule has 1 aromatic carbocycles. The van der Waals surface area contributed by atoms with Crippen LogP contribution in [0.25, 0.3) is 0 Å². The molecule has 0 unspecified atom stereocenters. The van der Waals surface area contributed by atoms with E-state index < -0.39 is 0 Å². The molecule has 0 bridgehead atoms. The van der Waals surface area contributed by atoms with Gasteiger partial charge >= 0.3 is 0 Å². The van der Waals surface area contributed by atoms with Crippen molar-refractivity contribution >= 4 is 35.6 Å². The molecular formula is C22H39IN4O2. The van der Waals surface area contributed by atoms with Crippen molar-refractivity contribution in [2.45, 2.75) is 58.1 Å². The minimum absolute atomic E-state index is 0. The summed E-state index contributed by atoms with van der Waals surface area (Å²) in [6, 6.07) is 8.40. The van der Waals surface area contributed by atoms with Crippen molar-refractivity contribution in [1.82, 2.24) is 10.6 Å². The summed E-state index contributed by atoms with van der Waals surface area (Å²) >= 11 is 0. The molecule has 6 nitrogen and oxygen atoms in total. The fraction of sp³-hybridized carbons (Fsp3) is 0.682. The number of benzene rings is 1. The summed E-state index contributed by atoms with van der Waals surface area (Å²) in [4.78, 5) is 4.69. The Kier molecular flexibility index (Phi) is 15.0. The van der Waals surface area contributed by atoms with Crippen LogP contribution < -0.4 is 16.0 Å². The summed E-state index contributed by atoms with van der Waals surface area (Å²) < 4.78 is 11.0. The molecule has 0 amide bonds. The van der Waals surface area contributed by atoms with Gasteiger partial charge in [-0.2, -0.15) is 0 Å². The fourth-order valence-electron chi connectivity index (χ4n) is 3.30. The third-order valence-corrected chi connectivity index (χ3v) is 4.87. The van der Waals surface area contributed by atoms with Crippen LogP contribution in [-0.4, -0.2) is 52.0 Å². The van der Waals surface area contributed by atoms with Gasteiger partial charge in [-0.15, -0.1) is 24.0 Å². The van der Waals surface area contributed by atoms with Gasteiger partial charge in [0, 0.05) is 39.0 Å². The van der Waals surface area contributed by atoms with E-state index in [1.807, 2.05) is 0 Å². The predicted molar refractivity (Wildman–Crippen MR) is 132 cm³/mol. The summed E-state index contributed by atoms with van der Waals surface area (Å²) in [6.07, 6.45) is 7.98. The second kappa shape index (κ2) is 16.7. The molecule has 0 heterocycles. The van der Waals surface area contributed by atoms with E-state index in [2.05, 4.69) is 52.1 Å². The molecule has 1 aliphatic carbocycles. The van der Waals surface area contributed by atoms with E-state index in [4.69, 9.17) is 9.47 Å². The monoisotopic (exact) mass is 518 g/mol. The number of aliphatic imine (C=N–C) groups is 1. The molecule has 29 heavy (non-hydrogen) atoms. The number of guanidine groups is 1. The smallest absolute Gasteiger partial charge is 0.191 e. The fourth-order valence-corrected chi connectivity index (χ4v) is 3.30. The summed E-state index contributed by atoms with van der Waals surface area (Å²) in [6.45, 7) is 6.82. The van der Waals surface area contributed by atoms with Crippen LogP contribution in [0.15, 0.2) is 29.3 Å². The first-order valence-electron chi connectivity index (χ1n) is 10.8. The van der Waals surface area contributed by atoms with Crippen LogP contribution in [0.5, 0.6) is 0 Å². The highest BCUT2D eigenvalue weighted by Gasteiger charge is 2.12. The van der Waals surface area contributed by atoms with Crippen LogP contribution in [0.1, 0.15) is 51.0 Å². The number of ether oxygens (including phenoxy) is 2. The van der Waals surface area contributed by atoms with Crippen LogP contribution in [0, 0.1) is 0 Å². The molecule has 1 fully saturated rings. The molecular weight excluding hydrogens is 479 g/mol. The molecule has 3 N–H and O–H groups in total. The van der Waals surface area contributed by atoms with Gasteiger partial charge in [-0.3, -0.25) is 0 Å². The normalized spacial score (nSPS) is 14.9. The van der Waals surface area contributed by atoms with E-state index in [0.717, 1.165) is 44.3 Å². The molecule has 0 aromatic heterocycles. The number of nitrogens with zero attached hydrogens (tertiary/aromatic N) is 1. The van der Waals surface area contributed by atoms with Crippen molar-refractivity contribution in [1.29, 1.82) is 0 Å². The van der Waals surface area contributed by atoms with Crippen LogP contribution in [0.2, 0.25) is 0 Å². The minimum atomic E-state index is 0. The molecule has 1 aliphatic rings. The first kappa shape index (κ1) is 26.0. The lowest BCUT2D eigenvalue weighted by molar-refractivity contribution is 0.0277. The highest BCUT2D eigenvalue weighted by molar-refractivity contribution is 14.0. The van der Waals surface area contributed by atoms with Gasteiger partial charge in [-0.1, -0.05) is 31.4 Å². The molecule has 0 saturated heterocycles. The zero-order valence-corrected chi connectivity index (χ0v) is 20.4. The van der Waals surface area contributed by atoms with E-state index in [0.29, 0.717) is 19.3 Å². The minimum Gasteiger partial charge on any atom is -0.383 e. The van der Waals surface area contributed by atoms with Crippen molar-refractivity contribution in [3.05, 3.63) is 29.8 Å². The standard InChI is InChI=1S/C22H38N4O2.HI/c1-3-23-22(25-14-7-16-28-21-8-5-4-6-9-21)26-18-19-10-12-20(13-11-19)24-15-17-27-2;/h10-13,21,24H,3-9,14-18H2,1-2H3,(H2,23,25,26);1H. The number of hydrogen-bond acceptors (Lipinski definition) is 4. The molecule has 7 heteroatoms. The van der Waals surface area contributed by atoms with Gasteiger partial charge in [-0.05, 0) is 43.9 Å². The summed E-state index contributed by atoms with van der Waals surface area (Å²) in [5.41, 5.74) is 2.29. The van der Waals surface area contributed by atoms with Crippen molar-refractivity contribution in [3.8, 4) is 0 Å². The molecule has 0 atom stereocenters. The second-order valence-corrected chi connectivity index (χ2v) is 7.22. The Morgan fingerprint density at radius 3 is 2.48 bits per heavy atom. The Bertz CT molecular complexity index is 548. The largest absolute Gasteiger partial charge is 0.383 e. The number of hydrogen-bond donors (Lipinski definition) is 3. The lowest BCUT2D eigenvalue weighted by atomic mass is 9.98. The van der Waals surface area contributed by atoms with Crippen LogP contribution in [0.3, 0.4) is 0 Å². The molecule has 2 rings (SSSR count). The van der Waals surface area contributed by atoms with Crippen LogP contribution >= 0.6 is 24.0 Å². The second-order valence-electron chi connectivity index (χ2n) is 7.22. The van der Waals surface area contributed by atoms with Gasteiger partial charge in [0.05, 0.1) is 19.3 Å². The average Bonchev–Trinajstić information content (AvgIpc) is 2.73. The van der Waals surface area contributed by atoms with Gasteiger partial charge in [0.25, 0.3) is 0 Å². The van der Waals surface area contributed by atoms with E-state index >= 15 is 0 Å². The Hall–Kier alpha value is -1.06. The lowest BCUT2D eigenvalue weighted by Crippen LogP contribution is -2.38. The summed E-state index contributed by atoms with van der Waals surface area (Å²) in [5.74, 6) is 0.863. The van der Waals surface area contributed by atoms with E-state index in [1.54, 1.807) is 7.11 Å². The maximum atomic E-state index is 5.99. The number of anilines is 1. The molecule has 1 aromatic rings. The Morgan fingerprint density at radius 2 is 1.79 bits per heavy atom. The van der Waals surface area contributed by atoms with Crippen LogP contribution in [-0.2, 0) is 16.0 Å². The average molecular weight is 518 g/mol. The van der Waals surface area contributed by atoms with Gasteiger partial charge in [0.1, 0.15) is 0 Å². The topological polar surface area (TPSA) is 66.9 Å². The summed E-state index contributed by atoms with van der Waals surface area (Å²) in [7, 11) is 1.71. The number of rotatable bonds is 12. The van der Waals surface area contributed by atoms with Crippen molar-refractivity contribution < 1.29 is 9.47 Å². The zero-order valence-electron chi connectivity index (χ0n) is 18.0. The molecule has 0 spiro atoms. The van der Waals surface area contributed by atoms with E-state index in [1.165, 1.54) is 37.7 Å². The molecule has 0 aliphatic heterocycles. The first-order chi connectivity index (χ1) is 13.8. The molecule has 166 valence electrons. The van der Waals surface area contributed by atoms with E-state index in [-0.39, 0.29) is 24.0 Å². The molecule has 0 radical (unpaired) electrons. The zero-order chi connectivity index (χ0) is 19.9. The van der Waals surface area contributed by atoms with Gasteiger partial charge in [0.2, 0.25) is 0 Å². The Morgan fingerprint density at radius 1 is 1.03 bits per heavy atom. The Labute approximate surface area is 193 Å². The van der Waals surface area contributed by atoms with Crippen LogP contribution in [0.4, 0.5) is 5.69 Å². The van der Waals surface area contributed by atoms with Crippen molar-refractivity contribution in [2.24, 2.45) is 4.99 Å². The Balaban J connectivity index is 0.00000420. The highest BCUT2D eigenvalue weighted by Crippen LogP contribution is 2.20. The van der Waals surface area contributed by atoms with E-state index in [9.17, 15) is 0 Å². The number of nitrogens with one attached hydrogen (secondary N) is 3. The van der Waals surface area contributed by atoms with Gasteiger partial charge < -0.3 is 25.4 Å². The summed E-state index contributed by atoms with van der Waals surface area (Å²) in [5, 5.41) is 10.0. The molecule has 1 saturated carbocycles. The SMILES string of the molecule is CCNC(=NCc1ccc(NCCOC)cc1)NCCCOC1CCCCC1.I. The third kappa shape index (κ3) is 11.6. The first-order valence-corrected chi connectivity index (χ1v) is 10.8. The van der Waals surface area contributed by atoms with Crippen molar-refractivity contribution in [3.63, 3.8) is 0 Å². The predicted octanol–water partition coefficient (Wildman–Crippen LogP) is 4.16. The number of methoxy groups -OCH3 is 1. The maximum Gasteiger partial charge on any atom is 0.191 e. The third-order valence-electron chi connectivity index (χ3n) is 4.87. The van der Waals surface area contributed by atoms with Crippen molar-refractivity contribution in [2.75, 3.05) is 45.3 Å². The number of halogens is 1. The quantitative estimate of drug-likeness (QED) is 0.168. The highest BCUT2D eigenvalue weighted by atomic mass is 127. The van der Waals surface area contributed by atoms with Gasteiger partial charge in [0.15, 0.2) is 5.96 Å². The maximum absolute atomic E-state index is 5.99. The lowest BCUT2D eigenvalue weighted by Gasteiger charge is -2.22.